The molecule has 1 atom stereocenters. The van der Waals surface area contributed by atoms with Crippen LogP contribution in [0, 0.1) is 5.92 Å². The van der Waals surface area contributed by atoms with Crippen molar-refractivity contribution in [1.29, 1.82) is 0 Å². The minimum Gasteiger partial charge on any atom is -0.370 e. The third-order valence-electron chi connectivity index (χ3n) is 5.25. The van der Waals surface area contributed by atoms with Crippen molar-refractivity contribution < 1.29 is 0 Å². The van der Waals surface area contributed by atoms with E-state index in [9.17, 15) is 0 Å². The highest BCUT2D eigenvalue weighted by Gasteiger charge is 2.24. The van der Waals surface area contributed by atoms with Crippen LogP contribution in [0.1, 0.15) is 33.1 Å². The number of likely N-dealkylation sites (tertiary alicyclic amines) is 1. The van der Waals surface area contributed by atoms with Crippen LogP contribution in [-0.2, 0) is 0 Å². The molecule has 8 heteroatoms. The van der Waals surface area contributed by atoms with Gasteiger partial charge in [0.1, 0.15) is 0 Å². The van der Waals surface area contributed by atoms with Gasteiger partial charge >= 0.3 is 0 Å². The number of piperazine rings is 1. The van der Waals surface area contributed by atoms with Crippen LogP contribution in [0.5, 0.6) is 0 Å². The Kier molecular flexibility index (Phi) is 9.01. The number of aromatic nitrogens is 2. The van der Waals surface area contributed by atoms with E-state index in [0.717, 1.165) is 45.2 Å². The van der Waals surface area contributed by atoms with Gasteiger partial charge in [-0.1, -0.05) is 20.3 Å². The van der Waals surface area contributed by atoms with E-state index in [-0.39, 0.29) is 24.0 Å². The molecule has 1 aromatic rings. The summed E-state index contributed by atoms with van der Waals surface area (Å²) in [6.45, 7) is 11.3. The van der Waals surface area contributed by atoms with Gasteiger partial charge in [-0.15, -0.1) is 24.0 Å². The maximum Gasteiger partial charge on any atom is 0.225 e. The lowest BCUT2D eigenvalue weighted by Crippen LogP contribution is -2.52. The van der Waals surface area contributed by atoms with E-state index in [1.165, 1.54) is 25.8 Å². The number of hydrogen-bond acceptors (Lipinski definition) is 5. The lowest BCUT2D eigenvalue weighted by molar-refractivity contribution is 0.136. The molecule has 2 aliphatic heterocycles. The van der Waals surface area contributed by atoms with Crippen molar-refractivity contribution in [1.82, 2.24) is 19.8 Å². The molecule has 0 aliphatic carbocycles. The van der Waals surface area contributed by atoms with Crippen molar-refractivity contribution in [2.24, 2.45) is 16.6 Å². The fourth-order valence-electron chi connectivity index (χ4n) is 3.87. The van der Waals surface area contributed by atoms with Gasteiger partial charge in [0.15, 0.2) is 5.96 Å². The van der Waals surface area contributed by atoms with Crippen LogP contribution in [0.3, 0.4) is 0 Å². The van der Waals surface area contributed by atoms with Gasteiger partial charge in [0.2, 0.25) is 5.95 Å². The lowest BCUT2D eigenvalue weighted by Gasteiger charge is -2.37. The molecule has 0 bridgehead atoms. The molecule has 2 aliphatic rings. The quantitative estimate of drug-likeness (QED) is 0.390. The molecule has 0 amide bonds. The number of anilines is 1. The molecule has 1 unspecified atom stereocenters. The summed E-state index contributed by atoms with van der Waals surface area (Å²) in [5, 5.41) is 0. The predicted octanol–water partition coefficient (Wildman–Crippen LogP) is 2.04. The second-order valence-corrected chi connectivity index (χ2v) is 7.76. The first-order valence-electron chi connectivity index (χ1n) is 9.94. The summed E-state index contributed by atoms with van der Waals surface area (Å²) in [6, 6.07) is 2.39. The zero-order chi connectivity index (χ0) is 18.4. The second kappa shape index (κ2) is 11.0. The van der Waals surface area contributed by atoms with Crippen LogP contribution in [0.25, 0.3) is 0 Å². The number of guanidine groups is 1. The fraction of sp³-hybridized carbons (Fsp3) is 0.737. The molecular formula is C19H34IN7. The maximum atomic E-state index is 6.30. The Morgan fingerprint density at radius 1 is 1.15 bits per heavy atom. The summed E-state index contributed by atoms with van der Waals surface area (Å²) in [5.41, 5.74) is 6.30. The number of halogens is 1. The number of aliphatic imine (C=N–C) groups is 1. The van der Waals surface area contributed by atoms with E-state index in [2.05, 4.69) is 38.5 Å². The lowest BCUT2D eigenvalue weighted by atomic mass is 10.0. The van der Waals surface area contributed by atoms with Gasteiger partial charge in [-0.3, -0.25) is 9.89 Å². The first-order chi connectivity index (χ1) is 12.6. The standard InChI is InChI=1S/C19H33N7.HI/c1-16(2)15-26-9-4-3-6-17(26)14-23-18(20)24-10-12-25(13-11-24)19-21-7-5-8-22-19;/h5,7-8,16-17H,3-4,6,9-15H2,1-2H3,(H2,20,23);1H. The van der Waals surface area contributed by atoms with Gasteiger partial charge in [-0.05, 0) is 31.4 Å². The summed E-state index contributed by atoms with van der Waals surface area (Å²) in [5.74, 6) is 2.19. The zero-order valence-electron chi connectivity index (χ0n) is 16.6. The average Bonchev–Trinajstić information content (AvgIpc) is 2.67. The summed E-state index contributed by atoms with van der Waals surface area (Å²) in [6.07, 6.45) is 7.44. The molecule has 0 saturated carbocycles. The van der Waals surface area contributed by atoms with Crippen molar-refractivity contribution in [2.45, 2.75) is 39.2 Å². The SMILES string of the molecule is CC(C)CN1CCCCC1CN=C(N)N1CCN(c2ncccn2)CC1.I. The number of nitrogens with zero attached hydrogens (tertiary/aromatic N) is 6. The zero-order valence-corrected chi connectivity index (χ0v) is 19.0. The smallest absolute Gasteiger partial charge is 0.225 e. The van der Waals surface area contributed by atoms with Crippen molar-refractivity contribution in [3.05, 3.63) is 18.5 Å². The number of nitrogens with two attached hydrogens (primary N) is 1. The molecule has 0 spiro atoms. The monoisotopic (exact) mass is 487 g/mol. The van der Waals surface area contributed by atoms with Gasteiger partial charge in [-0.2, -0.15) is 0 Å². The summed E-state index contributed by atoms with van der Waals surface area (Å²) < 4.78 is 0. The Labute approximate surface area is 180 Å². The highest BCUT2D eigenvalue weighted by Crippen LogP contribution is 2.19. The van der Waals surface area contributed by atoms with Crippen LogP contribution < -0.4 is 10.6 Å². The average molecular weight is 487 g/mol. The highest BCUT2D eigenvalue weighted by molar-refractivity contribution is 14.0. The molecule has 2 saturated heterocycles. The predicted molar refractivity (Wildman–Crippen MR) is 122 cm³/mol. The first kappa shape index (κ1) is 22.1. The Morgan fingerprint density at radius 3 is 2.52 bits per heavy atom. The molecule has 3 rings (SSSR count). The normalized spacial score (nSPS) is 22.0. The van der Waals surface area contributed by atoms with Crippen molar-refractivity contribution in [3.63, 3.8) is 0 Å². The van der Waals surface area contributed by atoms with Gasteiger partial charge in [0.05, 0.1) is 6.54 Å². The van der Waals surface area contributed by atoms with Crippen molar-refractivity contribution >= 4 is 35.9 Å². The third-order valence-corrected chi connectivity index (χ3v) is 5.25. The van der Waals surface area contributed by atoms with Crippen LogP contribution in [0.15, 0.2) is 23.5 Å². The molecule has 0 aromatic carbocycles. The topological polar surface area (TPSA) is 73.9 Å². The van der Waals surface area contributed by atoms with Crippen LogP contribution >= 0.6 is 24.0 Å². The van der Waals surface area contributed by atoms with Gasteiger partial charge in [-0.25, -0.2) is 9.97 Å². The van der Waals surface area contributed by atoms with Gasteiger partial charge in [0.25, 0.3) is 0 Å². The van der Waals surface area contributed by atoms with Crippen LogP contribution in [0.4, 0.5) is 5.95 Å². The molecule has 1 aromatic heterocycles. The molecule has 2 fully saturated rings. The van der Waals surface area contributed by atoms with Gasteiger partial charge in [0, 0.05) is 51.2 Å². The van der Waals surface area contributed by atoms with Crippen molar-refractivity contribution in [3.8, 4) is 0 Å². The Hall–Kier alpha value is -1.16. The minimum atomic E-state index is 0. The summed E-state index contributed by atoms with van der Waals surface area (Å²) in [7, 11) is 0. The fourth-order valence-corrected chi connectivity index (χ4v) is 3.87. The van der Waals surface area contributed by atoms with E-state index in [4.69, 9.17) is 10.7 Å². The number of rotatable bonds is 5. The molecule has 0 radical (unpaired) electrons. The molecule has 7 nitrogen and oxygen atoms in total. The van der Waals surface area contributed by atoms with E-state index < -0.39 is 0 Å². The van der Waals surface area contributed by atoms with E-state index in [1.807, 2.05) is 6.07 Å². The van der Waals surface area contributed by atoms with E-state index in [0.29, 0.717) is 17.9 Å². The Balaban J connectivity index is 0.00000261. The molecular weight excluding hydrogens is 453 g/mol. The Bertz CT molecular complexity index is 573. The molecule has 152 valence electrons. The molecule has 27 heavy (non-hydrogen) atoms. The maximum absolute atomic E-state index is 6.30. The first-order valence-corrected chi connectivity index (χ1v) is 9.94. The third kappa shape index (κ3) is 6.44. The van der Waals surface area contributed by atoms with Gasteiger partial charge < -0.3 is 15.5 Å². The molecule has 3 heterocycles. The van der Waals surface area contributed by atoms with E-state index in [1.54, 1.807) is 12.4 Å². The highest BCUT2D eigenvalue weighted by atomic mass is 127. The molecule has 2 N–H and O–H groups in total. The minimum absolute atomic E-state index is 0. The number of piperidine rings is 1. The second-order valence-electron chi connectivity index (χ2n) is 7.76. The number of hydrogen-bond donors (Lipinski definition) is 1. The van der Waals surface area contributed by atoms with Crippen LogP contribution in [-0.4, -0.2) is 77.6 Å². The largest absolute Gasteiger partial charge is 0.370 e. The Morgan fingerprint density at radius 2 is 1.85 bits per heavy atom. The van der Waals surface area contributed by atoms with E-state index >= 15 is 0 Å². The summed E-state index contributed by atoms with van der Waals surface area (Å²) in [4.78, 5) is 20.4. The summed E-state index contributed by atoms with van der Waals surface area (Å²) >= 11 is 0. The van der Waals surface area contributed by atoms with Crippen molar-refractivity contribution in [2.75, 3.05) is 50.7 Å². The van der Waals surface area contributed by atoms with Crippen LogP contribution in [0.2, 0.25) is 0 Å².